The van der Waals surface area contributed by atoms with E-state index in [0.717, 1.165) is 12.8 Å². The summed E-state index contributed by atoms with van der Waals surface area (Å²) >= 11 is 11.9. The van der Waals surface area contributed by atoms with Crippen LogP contribution in [-0.4, -0.2) is 16.3 Å². The minimum Gasteiger partial charge on any atom is -0.390 e. The van der Waals surface area contributed by atoms with Crippen LogP contribution in [-0.2, 0) is 0 Å². The van der Waals surface area contributed by atoms with Gasteiger partial charge in [-0.25, -0.2) is 0 Å². The lowest BCUT2D eigenvalue weighted by Crippen LogP contribution is -2.18. The minimum atomic E-state index is -1.02. The van der Waals surface area contributed by atoms with Crippen LogP contribution in [0.5, 0.6) is 0 Å². The Bertz CT molecular complexity index is 322. The highest BCUT2D eigenvalue weighted by Crippen LogP contribution is 2.32. The van der Waals surface area contributed by atoms with Crippen molar-refractivity contribution in [2.75, 3.05) is 0 Å². The van der Waals surface area contributed by atoms with Gasteiger partial charge in [-0.15, -0.1) is 0 Å². The second-order valence-corrected chi connectivity index (χ2v) is 4.60. The van der Waals surface area contributed by atoms with Crippen LogP contribution in [0.3, 0.4) is 0 Å². The summed E-state index contributed by atoms with van der Waals surface area (Å²) < 4.78 is 0. The monoisotopic (exact) mass is 262 g/mol. The van der Waals surface area contributed by atoms with Gasteiger partial charge in [0.05, 0.1) is 6.10 Å². The van der Waals surface area contributed by atoms with E-state index in [-0.39, 0.29) is 0 Å². The van der Waals surface area contributed by atoms with Gasteiger partial charge < -0.3 is 10.2 Å². The first kappa shape index (κ1) is 13.8. The Balaban J connectivity index is 2.82. The molecule has 2 N–H and O–H groups in total. The van der Waals surface area contributed by atoms with E-state index in [1.54, 1.807) is 18.2 Å². The fourth-order valence-corrected chi connectivity index (χ4v) is 2.18. The van der Waals surface area contributed by atoms with E-state index in [4.69, 9.17) is 23.2 Å². The van der Waals surface area contributed by atoms with Crippen LogP contribution in [0.1, 0.15) is 37.9 Å². The van der Waals surface area contributed by atoms with Gasteiger partial charge in [0.15, 0.2) is 0 Å². The fourth-order valence-electron chi connectivity index (χ4n) is 1.56. The summed E-state index contributed by atoms with van der Waals surface area (Å²) in [5.74, 6) is 0. The summed E-state index contributed by atoms with van der Waals surface area (Å²) in [6, 6.07) is 5.01. The lowest BCUT2D eigenvalue weighted by molar-refractivity contribution is 0.0124. The van der Waals surface area contributed by atoms with Gasteiger partial charge in [-0.1, -0.05) is 49.0 Å². The van der Waals surface area contributed by atoms with E-state index in [1.807, 2.05) is 6.92 Å². The zero-order valence-electron chi connectivity index (χ0n) is 9.16. The Morgan fingerprint density at radius 2 is 1.75 bits per heavy atom. The zero-order valence-corrected chi connectivity index (χ0v) is 10.7. The molecule has 1 rings (SSSR count). The third kappa shape index (κ3) is 3.36. The number of aliphatic hydroxyl groups is 2. The van der Waals surface area contributed by atoms with Gasteiger partial charge in [0.1, 0.15) is 6.10 Å². The van der Waals surface area contributed by atoms with Crippen LogP contribution in [0, 0.1) is 0 Å². The average molecular weight is 263 g/mol. The molecule has 0 aliphatic carbocycles. The summed E-state index contributed by atoms with van der Waals surface area (Å²) in [6.45, 7) is 2.03. The van der Waals surface area contributed by atoms with E-state index in [1.165, 1.54) is 0 Å². The molecule has 0 heterocycles. The van der Waals surface area contributed by atoms with Crippen LogP contribution in [0.25, 0.3) is 0 Å². The number of aliphatic hydroxyl groups excluding tert-OH is 2. The van der Waals surface area contributed by atoms with Crippen molar-refractivity contribution in [1.82, 2.24) is 0 Å². The Hall–Kier alpha value is -0.280. The molecule has 16 heavy (non-hydrogen) atoms. The topological polar surface area (TPSA) is 40.5 Å². The van der Waals surface area contributed by atoms with Gasteiger partial charge in [0.25, 0.3) is 0 Å². The highest BCUT2D eigenvalue weighted by Gasteiger charge is 2.22. The maximum absolute atomic E-state index is 9.96. The SMILES string of the molecule is CCCCC(O)[C@H](O)c1c(Cl)cccc1Cl. The fraction of sp³-hybridized carbons (Fsp3) is 0.500. The van der Waals surface area contributed by atoms with Crippen molar-refractivity contribution >= 4 is 23.2 Å². The smallest absolute Gasteiger partial charge is 0.108 e. The lowest BCUT2D eigenvalue weighted by Gasteiger charge is -2.20. The van der Waals surface area contributed by atoms with Crippen molar-refractivity contribution in [3.8, 4) is 0 Å². The van der Waals surface area contributed by atoms with Crippen molar-refractivity contribution in [2.24, 2.45) is 0 Å². The van der Waals surface area contributed by atoms with E-state index in [0.29, 0.717) is 22.0 Å². The molecule has 0 saturated carbocycles. The molecule has 0 radical (unpaired) electrons. The van der Waals surface area contributed by atoms with Crippen LogP contribution in [0.15, 0.2) is 18.2 Å². The summed E-state index contributed by atoms with van der Waals surface area (Å²) in [4.78, 5) is 0. The highest BCUT2D eigenvalue weighted by atomic mass is 35.5. The first-order chi connectivity index (χ1) is 7.57. The molecule has 1 unspecified atom stereocenters. The normalized spacial score (nSPS) is 14.8. The van der Waals surface area contributed by atoms with Crippen LogP contribution < -0.4 is 0 Å². The van der Waals surface area contributed by atoms with Crippen LogP contribution in [0.2, 0.25) is 10.0 Å². The maximum atomic E-state index is 9.96. The van der Waals surface area contributed by atoms with Gasteiger partial charge in [-0.3, -0.25) is 0 Å². The van der Waals surface area contributed by atoms with Crippen molar-refractivity contribution in [2.45, 2.75) is 38.4 Å². The molecule has 0 fully saturated rings. The number of hydrogen-bond donors (Lipinski definition) is 2. The molecule has 0 saturated heterocycles. The van der Waals surface area contributed by atoms with Crippen molar-refractivity contribution in [1.29, 1.82) is 0 Å². The molecular formula is C12H16Cl2O2. The van der Waals surface area contributed by atoms with Crippen molar-refractivity contribution < 1.29 is 10.2 Å². The largest absolute Gasteiger partial charge is 0.390 e. The summed E-state index contributed by atoms with van der Waals surface area (Å²) in [5.41, 5.74) is 0.412. The van der Waals surface area contributed by atoms with Crippen molar-refractivity contribution in [3.05, 3.63) is 33.8 Å². The quantitative estimate of drug-likeness (QED) is 0.852. The maximum Gasteiger partial charge on any atom is 0.108 e. The molecule has 0 aliphatic heterocycles. The number of rotatable bonds is 5. The number of hydrogen-bond acceptors (Lipinski definition) is 2. The van der Waals surface area contributed by atoms with Gasteiger partial charge in [0, 0.05) is 15.6 Å². The molecular weight excluding hydrogens is 247 g/mol. The first-order valence-corrected chi connectivity index (χ1v) is 6.13. The highest BCUT2D eigenvalue weighted by molar-refractivity contribution is 6.36. The molecule has 4 heteroatoms. The summed E-state index contributed by atoms with van der Waals surface area (Å²) in [5, 5.41) is 20.5. The Morgan fingerprint density at radius 3 is 2.25 bits per heavy atom. The lowest BCUT2D eigenvalue weighted by atomic mass is 10.0. The van der Waals surface area contributed by atoms with Gasteiger partial charge in [-0.05, 0) is 18.6 Å². The molecule has 0 bridgehead atoms. The third-order valence-corrected chi connectivity index (χ3v) is 3.17. The third-order valence-electron chi connectivity index (χ3n) is 2.51. The summed E-state index contributed by atoms with van der Waals surface area (Å²) in [7, 11) is 0. The average Bonchev–Trinajstić information content (AvgIpc) is 2.25. The van der Waals surface area contributed by atoms with E-state index in [2.05, 4.69) is 0 Å². The molecule has 0 spiro atoms. The molecule has 2 atom stereocenters. The molecule has 1 aromatic carbocycles. The first-order valence-electron chi connectivity index (χ1n) is 5.38. The number of unbranched alkanes of at least 4 members (excludes halogenated alkanes) is 1. The predicted octanol–water partition coefficient (Wildman–Crippen LogP) is 3.58. The second kappa shape index (κ2) is 6.45. The molecule has 2 nitrogen and oxygen atoms in total. The Morgan fingerprint density at radius 1 is 1.19 bits per heavy atom. The van der Waals surface area contributed by atoms with E-state index >= 15 is 0 Å². The number of benzene rings is 1. The Kier molecular flexibility index (Phi) is 5.56. The minimum absolute atomic E-state index is 0.385. The Labute approximate surface area is 106 Å². The molecule has 90 valence electrons. The van der Waals surface area contributed by atoms with Crippen LogP contribution in [0.4, 0.5) is 0 Å². The van der Waals surface area contributed by atoms with Gasteiger partial charge in [0.2, 0.25) is 0 Å². The molecule has 1 aromatic rings. The standard InChI is InChI=1S/C12H16Cl2O2/c1-2-3-7-10(15)12(16)11-8(13)5-4-6-9(11)14/h4-6,10,12,15-16H,2-3,7H2,1H3/t10?,12-/m0/s1. The van der Waals surface area contributed by atoms with Crippen LogP contribution >= 0.6 is 23.2 Å². The molecule has 0 amide bonds. The zero-order chi connectivity index (χ0) is 12.1. The summed E-state index contributed by atoms with van der Waals surface area (Å²) in [6.07, 6.45) is 0.532. The number of halogens is 2. The van der Waals surface area contributed by atoms with E-state index in [9.17, 15) is 10.2 Å². The second-order valence-electron chi connectivity index (χ2n) is 3.79. The van der Waals surface area contributed by atoms with Gasteiger partial charge in [-0.2, -0.15) is 0 Å². The van der Waals surface area contributed by atoms with E-state index < -0.39 is 12.2 Å². The predicted molar refractivity (Wildman–Crippen MR) is 67.0 cm³/mol. The molecule has 0 aliphatic rings. The van der Waals surface area contributed by atoms with Gasteiger partial charge >= 0.3 is 0 Å². The molecule has 0 aromatic heterocycles. The van der Waals surface area contributed by atoms with Crippen molar-refractivity contribution in [3.63, 3.8) is 0 Å².